The lowest BCUT2D eigenvalue weighted by Crippen LogP contribution is -2.33. The Hall–Kier alpha value is -1.18. The molecule has 1 aromatic rings. The summed E-state index contributed by atoms with van der Waals surface area (Å²) in [5, 5.41) is 10.8. The van der Waals surface area contributed by atoms with Gasteiger partial charge in [0.1, 0.15) is 6.04 Å². The fourth-order valence-corrected chi connectivity index (χ4v) is 1.70. The number of halogens is 2. The van der Waals surface area contributed by atoms with Crippen molar-refractivity contribution in [2.75, 3.05) is 7.11 Å². The number of nitro benzene ring substituents is 1. The van der Waals surface area contributed by atoms with Gasteiger partial charge in [0.25, 0.3) is 5.69 Å². The molecule has 0 aliphatic carbocycles. The largest absolute Gasteiger partial charge is 0.468 e. The molecular formula is C10H12BrClN2O4. The topological polar surface area (TPSA) is 95.5 Å². The highest BCUT2D eigenvalue weighted by Crippen LogP contribution is 2.24. The number of hydrogen-bond donors (Lipinski definition) is 1. The zero-order valence-corrected chi connectivity index (χ0v) is 11.9. The van der Waals surface area contributed by atoms with Crippen molar-refractivity contribution in [2.24, 2.45) is 5.73 Å². The summed E-state index contributed by atoms with van der Waals surface area (Å²) >= 11 is 3.15. The average molecular weight is 340 g/mol. The van der Waals surface area contributed by atoms with Crippen LogP contribution in [0.15, 0.2) is 22.7 Å². The average Bonchev–Trinajstić information content (AvgIpc) is 2.29. The molecule has 1 rings (SSSR count). The number of rotatable bonds is 4. The molecule has 6 nitrogen and oxygen atoms in total. The maximum absolute atomic E-state index is 11.1. The second kappa shape index (κ2) is 7.30. The molecule has 18 heavy (non-hydrogen) atoms. The van der Waals surface area contributed by atoms with Crippen LogP contribution in [-0.4, -0.2) is 24.0 Å². The summed E-state index contributed by atoms with van der Waals surface area (Å²) in [7, 11) is 1.22. The van der Waals surface area contributed by atoms with Gasteiger partial charge in [-0.05, 0) is 6.07 Å². The van der Waals surface area contributed by atoms with Crippen molar-refractivity contribution >= 4 is 40.0 Å². The second-order valence-corrected chi connectivity index (χ2v) is 4.28. The van der Waals surface area contributed by atoms with Crippen LogP contribution in [0.4, 0.5) is 5.69 Å². The zero-order chi connectivity index (χ0) is 13.0. The third kappa shape index (κ3) is 4.25. The first-order chi connectivity index (χ1) is 7.95. The summed E-state index contributed by atoms with van der Waals surface area (Å²) in [6.45, 7) is 0. The third-order valence-electron chi connectivity index (χ3n) is 2.19. The predicted molar refractivity (Wildman–Crippen MR) is 71.7 cm³/mol. The van der Waals surface area contributed by atoms with Crippen molar-refractivity contribution in [1.82, 2.24) is 0 Å². The van der Waals surface area contributed by atoms with Crippen LogP contribution in [0.3, 0.4) is 0 Å². The minimum Gasteiger partial charge on any atom is -0.468 e. The van der Waals surface area contributed by atoms with Crippen LogP contribution < -0.4 is 5.73 Å². The van der Waals surface area contributed by atoms with Gasteiger partial charge in [-0.25, -0.2) is 0 Å². The number of hydrogen-bond acceptors (Lipinski definition) is 5. The van der Waals surface area contributed by atoms with E-state index in [4.69, 9.17) is 5.73 Å². The highest BCUT2D eigenvalue weighted by molar-refractivity contribution is 9.10. The molecule has 0 bridgehead atoms. The lowest BCUT2D eigenvalue weighted by atomic mass is 10.0. The van der Waals surface area contributed by atoms with Crippen LogP contribution in [0.25, 0.3) is 0 Å². The number of ether oxygens (including phenoxy) is 1. The van der Waals surface area contributed by atoms with Gasteiger partial charge in [0.2, 0.25) is 0 Å². The van der Waals surface area contributed by atoms with Crippen molar-refractivity contribution in [3.63, 3.8) is 0 Å². The van der Waals surface area contributed by atoms with Crippen molar-refractivity contribution in [3.8, 4) is 0 Å². The summed E-state index contributed by atoms with van der Waals surface area (Å²) in [6, 6.07) is 3.69. The summed E-state index contributed by atoms with van der Waals surface area (Å²) < 4.78 is 5.06. The van der Waals surface area contributed by atoms with Crippen LogP contribution in [0.1, 0.15) is 5.56 Å². The lowest BCUT2D eigenvalue weighted by molar-refractivity contribution is -0.385. The monoisotopic (exact) mass is 338 g/mol. The number of benzene rings is 1. The van der Waals surface area contributed by atoms with E-state index in [1.807, 2.05) is 0 Å². The van der Waals surface area contributed by atoms with Gasteiger partial charge in [-0.3, -0.25) is 14.9 Å². The van der Waals surface area contributed by atoms with Gasteiger partial charge in [0.15, 0.2) is 0 Å². The standard InChI is InChI=1S/C10H11BrN2O4.ClH/c1-17-10(14)8(12)4-6-2-3-7(11)5-9(6)13(15)16;/h2-3,5,8H,4,12H2,1H3;1H. The smallest absolute Gasteiger partial charge is 0.322 e. The molecule has 1 unspecified atom stereocenters. The van der Waals surface area contributed by atoms with E-state index in [0.717, 1.165) is 0 Å². The molecule has 1 aromatic carbocycles. The molecule has 0 saturated carbocycles. The predicted octanol–water partition coefficient (Wildman–Crippen LogP) is 1.82. The number of nitrogens with two attached hydrogens (primary N) is 1. The number of nitrogens with zero attached hydrogens (tertiary/aromatic N) is 1. The van der Waals surface area contributed by atoms with Crippen LogP contribution in [0.2, 0.25) is 0 Å². The summed E-state index contributed by atoms with van der Waals surface area (Å²) in [5.74, 6) is -0.595. The van der Waals surface area contributed by atoms with Gasteiger partial charge in [0.05, 0.1) is 12.0 Å². The highest BCUT2D eigenvalue weighted by atomic mass is 79.9. The van der Waals surface area contributed by atoms with Gasteiger partial charge in [0, 0.05) is 22.5 Å². The molecule has 0 aliphatic heterocycles. The molecule has 0 saturated heterocycles. The van der Waals surface area contributed by atoms with E-state index >= 15 is 0 Å². The fraction of sp³-hybridized carbons (Fsp3) is 0.300. The zero-order valence-electron chi connectivity index (χ0n) is 9.46. The molecule has 0 heterocycles. The summed E-state index contributed by atoms with van der Waals surface area (Å²) in [4.78, 5) is 21.5. The Labute approximate surface area is 118 Å². The molecule has 0 amide bonds. The van der Waals surface area contributed by atoms with E-state index in [-0.39, 0.29) is 24.5 Å². The Morgan fingerprint density at radius 3 is 2.72 bits per heavy atom. The molecule has 0 aromatic heterocycles. The van der Waals surface area contributed by atoms with E-state index < -0.39 is 16.9 Å². The van der Waals surface area contributed by atoms with E-state index in [1.54, 1.807) is 12.1 Å². The number of carbonyl (C=O) groups is 1. The minimum atomic E-state index is -0.903. The van der Waals surface area contributed by atoms with E-state index in [2.05, 4.69) is 20.7 Å². The lowest BCUT2D eigenvalue weighted by Gasteiger charge is -2.09. The molecule has 0 fully saturated rings. The number of esters is 1. The molecule has 8 heteroatoms. The second-order valence-electron chi connectivity index (χ2n) is 3.36. The maximum atomic E-state index is 11.1. The van der Waals surface area contributed by atoms with Crippen molar-refractivity contribution in [3.05, 3.63) is 38.3 Å². The first-order valence-electron chi connectivity index (χ1n) is 4.72. The Balaban J connectivity index is 0.00000289. The molecule has 0 radical (unpaired) electrons. The maximum Gasteiger partial charge on any atom is 0.322 e. The van der Waals surface area contributed by atoms with Crippen LogP contribution >= 0.6 is 28.3 Å². The molecule has 0 aliphatic rings. The normalized spacial score (nSPS) is 11.3. The van der Waals surface area contributed by atoms with Crippen LogP contribution in [-0.2, 0) is 16.0 Å². The molecule has 100 valence electrons. The van der Waals surface area contributed by atoms with Gasteiger partial charge in [-0.1, -0.05) is 22.0 Å². The van der Waals surface area contributed by atoms with Crippen molar-refractivity contribution < 1.29 is 14.5 Å². The highest BCUT2D eigenvalue weighted by Gasteiger charge is 2.20. The van der Waals surface area contributed by atoms with E-state index in [1.165, 1.54) is 13.2 Å². The first-order valence-corrected chi connectivity index (χ1v) is 5.51. The van der Waals surface area contributed by atoms with Gasteiger partial charge in [-0.2, -0.15) is 0 Å². The van der Waals surface area contributed by atoms with Gasteiger partial charge < -0.3 is 10.5 Å². The molecule has 0 spiro atoms. The minimum absolute atomic E-state index is 0. The number of nitro groups is 1. The quantitative estimate of drug-likeness (QED) is 0.513. The third-order valence-corrected chi connectivity index (χ3v) is 2.68. The first kappa shape index (κ1) is 16.8. The molecule has 1 atom stereocenters. The van der Waals surface area contributed by atoms with E-state index in [0.29, 0.717) is 10.0 Å². The van der Waals surface area contributed by atoms with Gasteiger partial charge in [-0.15, -0.1) is 12.4 Å². The number of carbonyl (C=O) groups excluding carboxylic acids is 1. The molecular weight excluding hydrogens is 327 g/mol. The SMILES string of the molecule is COC(=O)C(N)Cc1ccc(Br)cc1[N+](=O)[O-].Cl. The Morgan fingerprint density at radius 2 is 2.22 bits per heavy atom. The molecule has 2 N–H and O–H groups in total. The van der Waals surface area contributed by atoms with E-state index in [9.17, 15) is 14.9 Å². The van der Waals surface area contributed by atoms with Crippen molar-refractivity contribution in [2.45, 2.75) is 12.5 Å². The Morgan fingerprint density at radius 1 is 1.61 bits per heavy atom. The van der Waals surface area contributed by atoms with Crippen molar-refractivity contribution in [1.29, 1.82) is 0 Å². The Kier molecular flexibility index (Phi) is 6.82. The van der Waals surface area contributed by atoms with Crippen LogP contribution in [0.5, 0.6) is 0 Å². The van der Waals surface area contributed by atoms with Crippen LogP contribution in [0, 0.1) is 10.1 Å². The van der Waals surface area contributed by atoms with Gasteiger partial charge >= 0.3 is 5.97 Å². The Bertz CT molecular complexity index is 456. The number of methoxy groups -OCH3 is 1. The summed E-state index contributed by atoms with van der Waals surface area (Å²) in [5.41, 5.74) is 5.89. The fourth-order valence-electron chi connectivity index (χ4n) is 1.35. The summed E-state index contributed by atoms with van der Waals surface area (Å²) in [6.07, 6.45) is 0.0657.